The number of aliphatic hydroxyl groups is 1. The molecule has 114 valence electrons. The summed E-state index contributed by atoms with van der Waals surface area (Å²) in [6.45, 7) is -0.0642. The molecule has 1 aliphatic rings. The summed E-state index contributed by atoms with van der Waals surface area (Å²) >= 11 is 1.68. The minimum Gasteiger partial charge on any atom is -0.395 e. The average Bonchev–Trinajstić information content (AvgIpc) is 2.91. The van der Waals surface area contributed by atoms with Gasteiger partial charge >= 0.3 is 0 Å². The quantitative estimate of drug-likeness (QED) is 0.818. The number of thioether (sulfide) groups is 1. The Bertz CT molecular complexity index is 659. The van der Waals surface area contributed by atoms with E-state index in [1.165, 1.54) is 12.1 Å². The molecular formula is C14H16FNO3S2. The van der Waals surface area contributed by atoms with Crippen molar-refractivity contribution in [3.63, 3.8) is 0 Å². The molecule has 1 atom stereocenters. The fourth-order valence-corrected chi connectivity index (χ4v) is 4.52. The van der Waals surface area contributed by atoms with Crippen molar-refractivity contribution >= 4 is 21.8 Å². The zero-order valence-electron chi connectivity index (χ0n) is 11.3. The summed E-state index contributed by atoms with van der Waals surface area (Å²) in [4.78, 5) is -0.355. The first-order chi connectivity index (χ1) is 10.0. The van der Waals surface area contributed by atoms with Gasteiger partial charge in [0.2, 0.25) is 10.0 Å². The maximum atomic E-state index is 14.0. The maximum absolute atomic E-state index is 14.0. The normalized spacial score (nSPS) is 18.3. The molecule has 2 rings (SSSR count). The molecule has 1 unspecified atom stereocenters. The van der Waals surface area contributed by atoms with E-state index in [2.05, 4.69) is 16.6 Å². The predicted molar refractivity (Wildman–Crippen MR) is 81.0 cm³/mol. The molecule has 1 aromatic rings. The van der Waals surface area contributed by atoms with Crippen molar-refractivity contribution in [2.75, 3.05) is 18.1 Å². The van der Waals surface area contributed by atoms with E-state index in [0.717, 1.165) is 18.2 Å². The van der Waals surface area contributed by atoms with Gasteiger partial charge in [-0.1, -0.05) is 11.8 Å². The summed E-state index contributed by atoms with van der Waals surface area (Å²) in [6.07, 6.45) is 1.05. The fraction of sp³-hybridized carbons (Fsp3) is 0.429. The van der Waals surface area contributed by atoms with Crippen molar-refractivity contribution in [3.8, 4) is 11.8 Å². The SMILES string of the molecule is O=S(=O)(NC1CCSC1)c1ccc(C#CCCO)cc1F. The van der Waals surface area contributed by atoms with Crippen molar-refractivity contribution < 1.29 is 17.9 Å². The fourth-order valence-electron chi connectivity index (χ4n) is 1.93. The molecule has 7 heteroatoms. The number of hydrogen-bond donors (Lipinski definition) is 2. The van der Waals surface area contributed by atoms with E-state index >= 15 is 0 Å². The number of nitrogens with one attached hydrogen (secondary N) is 1. The van der Waals surface area contributed by atoms with Crippen LogP contribution in [0, 0.1) is 17.7 Å². The molecule has 0 saturated carbocycles. The standard InChI is InChI=1S/C14H16FNO3S2/c15-13-9-11(3-1-2-7-17)4-5-14(13)21(18,19)16-12-6-8-20-10-12/h4-5,9,12,16-17H,2,6-8,10H2. The van der Waals surface area contributed by atoms with Gasteiger partial charge in [-0.15, -0.1) is 0 Å². The Hall–Kier alpha value is -1.07. The molecule has 0 aliphatic carbocycles. The van der Waals surface area contributed by atoms with E-state index in [0.29, 0.717) is 17.7 Å². The average molecular weight is 329 g/mol. The molecule has 1 aliphatic heterocycles. The third-order valence-electron chi connectivity index (χ3n) is 2.94. The lowest BCUT2D eigenvalue weighted by atomic mass is 10.2. The maximum Gasteiger partial charge on any atom is 0.243 e. The number of benzene rings is 1. The van der Waals surface area contributed by atoms with Crippen LogP contribution >= 0.6 is 11.8 Å². The van der Waals surface area contributed by atoms with Gasteiger partial charge in [0.25, 0.3) is 0 Å². The van der Waals surface area contributed by atoms with Gasteiger partial charge in [0, 0.05) is 23.8 Å². The first kappa shape index (κ1) is 16.3. The monoisotopic (exact) mass is 329 g/mol. The third-order valence-corrected chi connectivity index (χ3v) is 5.66. The van der Waals surface area contributed by atoms with Gasteiger partial charge in [0.1, 0.15) is 10.7 Å². The van der Waals surface area contributed by atoms with Gasteiger partial charge < -0.3 is 5.11 Å². The molecule has 0 spiro atoms. The van der Waals surface area contributed by atoms with E-state index in [1.54, 1.807) is 11.8 Å². The second-order valence-corrected chi connectivity index (χ2v) is 7.43. The Kier molecular flexibility index (Phi) is 5.65. The summed E-state index contributed by atoms with van der Waals surface area (Å²) in [6, 6.07) is 3.65. The van der Waals surface area contributed by atoms with Gasteiger partial charge in [-0.25, -0.2) is 17.5 Å². The van der Waals surface area contributed by atoms with Crippen LogP contribution in [0.15, 0.2) is 23.1 Å². The second kappa shape index (κ2) is 7.27. The summed E-state index contributed by atoms with van der Waals surface area (Å²) in [7, 11) is -3.84. The molecule has 0 radical (unpaired) electrons. The highest BCUT2D eigenvalue weighted by Gasteiger charge is 2.25. The molecule has 4 nitrogen and oxygen atoms in total. The first-order valence-corrected chi connectivity index (χ1v) is 9.16. The molecule has 0 bridgehead atoms. The van der Waals surface area contributed by atoms with Gasteiger partial charge in [0.15, 0.2) is 0 Å². The van der Waals surface area contributed by atoms with Crippen LogP contribution in [0.2, 0.25) is 0 Å². The first-order valence-electron chi connectivity index (χ1n) is 6.52. The molecule has 1 heterocycles. The summed E-state index contributed by atoms with van der Waals surface area (Å²) in [5.74, 6) is 6.14. The highest BCUT2D eigenvalue weighted by atomic mass is 32.2. The van der Waals surface area contributed by atoms with Crippen LogP contribution in [0.1, 0.15) is 18.4 Å². The Morgan fingerprint density at radius 3 is 2.90 bits per heavy atom. The van der Waals surface area contributed by atoms with E-state index in [4.69, 9.17) is 5.11 Å². The smallest absolute Gasteiger partial charge is 0.243 e. The molecule has 1 fully saturated rings. The van der Waals surface area contributed by atoms with E-state index in [1.807, 2.05) is 0 Å². The largest absolute Gasteiger partial charge is 0.395 e. The highest BCUT2D eigenvalue weighted by Crippen LogP contribution is 2.21. The van der Waals surface area contributed by atoms with Crippen LogP contribution in [0.5, 0.6) is 0 Å². The Labute approximate surface area is 128 Å². The van der Waals surface area contributed by atoms with Crippen LogP contribution in [0.4, 0.5) is 4.39 Å². The minimum atomic E-state index is -3.84. The number of rotatable bonds is 4. The summed E-state index contributed by atoms with van der Waals surface area (Å²) in [5.41, 5.74) is 0.385. The number of sulfonamides is 1. The van der Waals surface area contributed by atoms with Gasteiger partial charge in [-0.05, 0) is 30.4 Å². The highest BCUT2D eigenvalue weighted by molar-refractivity contribution is 7.99. The van der Waals surface area contributed by atoms with Gasteiger partial charge in [-0.2, -0.15) is 11.8 Å². The number of halogens is 1. The molecule has 21 heavy (non-hydrogen) atoms. The Morgan fingerprint density at radius 2 is 2.29 bits per heavy atom. The summed E-state index contributed by atoms with van der Waals surface area (Å²) < 4.78 is 40.8. The van der Waals surface area contributed by atoms with Gasteiger partial charge in [-0.3, -0.25) is 0 Å². The zero-order chi connectivity index (χ0) is 15.3. The molecule has 0 aromatic heterocycles. The van der Waals surface area contributed by atoms with Crippen molar-refractivity contribution in [2.24, 2.45) is 0 Å². The minimum absolute atomic E-state index is 0.0642. The van der Waals surface area contributed by atoms with Crippen LogP contribution in [0.25, 0.3) is 0 Å². The van der Waals surface area contributed by atoms with Crippen molar-refractivity contribution in [1.82, 2.24) is 4.72 Å². The topological polar surface area (TPSA) is 66.4 Å². The van der Waals surface area contributed by atoms with Crippen LogP contribution in [-0.4, -0.2) is 37.7 Å². The third kappa shape index (κ3) is 4.45. The second-order valence-electron chi connectivity index (χ2n) is 4.60. The lowest BCUT2D eigenvalue weighted by Crippen LogP contribution is -2.35. The van der Waals surface area contributed by atoms with E-state index in [9.17, 15) is 12.8 Å². The predicted octanol–water partition coefficient (Wildman–Crippen LogP) is 1.34. The van der Waals surface area contributed by atoms with Crippen LogP contribution < -0.4 is 4.72 Å². The van der Waals surface area contributed by atoms with Gasteiger partial charge in [0.05, 0.1) is 6.61 Å². The summed E-state index contributed by atoms with van der Waals surface area (Å²) in [5, 5.41) is 8.62. The molecule has 2 N–H and O–H groups in total. The van der Waals surface area contributed by atoms with E-state index in [-0.39, 0.29) is 17.5 Å². The lowest BCUT2D eigenvalue weighted by Gasteiger charge is -2.12. The molecular weight excluding hydrogens is 313 g/mol. The molecule has 1 saturated heterocycles. The number of hydrogen-bond acceptors (Lipinski definition) is 4. The van der Waals surface area contributed by atoms with Crippen molar-refractivity contribution in [1.29, 1.82) is 0 Å². The van der Waals surface area contributed by atoms with Crippen LogP contribution in [-0.2, 0) is 10.0 Å². The van der Waals surface area contributed by atoms with Crippen molar-refractivity contribution in [3.05, 3.63) is 29.6 Å². The molecule has 1 aromatic carbocycles. The number of aliphatic hydroxyl groups excluding tert-OH is 1. The zero-order valence-corrected chi connectivity index (χ0v) is 12.9. The van der Waals surface area contributed by atoms with Crippen LogP contribution in [0.3, 0.4) is 0 Å². The lowest BCUT2D eigenvalue weighted by molar-refractivity contribution is 0.305. The van der Waals surface area contributed by atoms with E-state index < -0.39 is 15.8 Å². The Balaban J connectivity index is 2.18. The molecule has 0 amide bonds. The van der Waals surface area contributed by atoms with Crippen molar-refractivity contribution in [2.45, 2.75) is 23.8 Å². The Morgan fingerprint density at radius 1 is 1.48 bits per heavy atom.